The van der Waals surface area contributed by atoms with E-state index >= 15 is 0 Å². The van der Waals surface area contributed by atoms with Crippen molar-refractivity contribution in [3.63, 3.8) is 0 Å². The van der Waals surface area contributed by atoms with Crippen molar-refractivity contribution < 1.29 is 41.7 Å². The summed E-state index contributed by atoms with van der Waals surface area (Å²) in [6.45, 7) is 6.85. The van der Waals surface area contributed by atoms with Crippen molar-refractivity contribution in [3.05, 3.63) is 0 Å². The van der Waals surface area contributed by atoms with Crippen molar-refractivity contribution in [1.29, 1.82) is 0 Å². The van der Waals surface area contributed by atoms with Crippen LogP contribution in [0.4, 0.5) is 0 Å². The normalized spacial score (nSPS) is 12.3. The van der Waals surface area contributed by atoms with E-state index in [1.165, 1.54) is 25.7 Å². The van der Waals surface area contributed by atoms with Crippen molar-refractivity contribution in [1.82, 2.24) is 0 Å². The average molecular weight is 254 g/mol. The summed E-state index contributed by atoms with van der Waals surface area (Å²) in [5.41, 5.74) is 0. The van der Waals surface area contributed by atoms with Gasteiger partial charge in [-0.2, -0.15) is 0 Å². The van der Waals surface area contributed by atoms with Crippen LogP contribution in [0.25, 0.3) is 0 Å². The molecule has 0 radical (unpaired) electrons. The summed E-state index contributed by atoms with van der Waals surface area (Å²) in [4.78, 5) is 0. The molecular weight excluding hydrogens is 236 g/mol. The molecule has 0 heterocycles. The first kappa shape index (κ1) is 13.0. The van der Waals surface area contributed by atoms with Gasteiger partial charge in [-0.15, -0.1) is 0 Å². The third-order valence-corrected chi connectivity index (χ3v) is 1.75. The van der Waals surface area contributed by atoms with Crippen LogP contribution in [0.1, 0.15) is 46.5 Å². The second-order valence-electron chi connectivity index (χ2n) is 2.66. The van der Waals surface area contributed by atoms with Crippen molar-refractivity contribution in [3.8, 4) is 0 Å². The maximum Gasteiger partial charge on any atom is 0 e. The summed E-state index contributed by atoms with van der Waals surface area (Å²) >= 11 is 0. The molecule has 0 N–H and O–H groups in total. The first-order valence-corrected chi connectivity index (χ1v) is 3.81. The van der Waals surface area contributed by atoms with E-state index in [1.54, 1.807) is 0 Å². The zero-order chi connectivity index (χ0) is 6.41. The summed E-state index contributed by atoms with van der Waals surface area (Å²) < 4.78 is 0. The Labute approximate surface area is 93.2 Å². The summed E-state index contributed by atoms with van der Waals surface area (Å²) in [5.74, 6) is 0.954. The third kappa shape index (κ3) is 9.38. The molecule has 0 aromatic carbocycles. The van der Waals surface area contributed by atoms with Crippen LogP contribution < -0.4 is 0 Å². The molecule has 1 atom stereocenters. The fraction of sp³-hybridized carbons (Fsp3) is 1.00. The topological polar surface area (TPSA) is 0 Å². The summed E-state index contributed by atoms with van der Waals surface area (Å²) in [6, 6.07) is 0. The molecule has 0 nitrogen and oxygen atoms in total. The standard InChI is InChI=1S/C8H18.Ce/c1-4-6-7-8(3)5-2;/h8H,4-7H2,1-3H3;. The second-order valence-corrected chi connectivity index (χ2v) is 2.66. The fourth-order valence-electron chi connectivity index (χ4n) is 0.757. The van der Waals surface area contributed by atoms with Crippen molar-refractivity contribution >= 4 is 0 Å². The minimum atomic E-state index is 0. The SMILES string of the molecule is CCCCC(C)CC.[Ce]. The van der Waals surface area contributed by atoms with Crippen LogP contribution in [0.3, 0.4) is 0 Å². The van der Waals surface area contributed by atoms with E-state index in [0.29, 0.717) is 0 Å². The largest absolute Gasteiger partial charge is 0.0654 e. The molecule has 1 unspecified atom stereocenters. The Balaban J connectivity index is 0. The van der Waals surface area contributed by atoms with Gasteiger partial charge < -0.3 is 0 Å². The van der Waals surface area contributed by atoms with E-state index in [2.05, 4.69) is 20.8 Å². The Morgan fingerprint density at radius 2 is 1.78 bits per heavy atom. The molecule has 0 fully saturated rings. The smallest absolute Gasteiger partial charge is 0 e. The molecule has 0 aromatic heterocycles. The van der Waals surface area contributed by atoms with Crippen LogP contribution in [0, 0.1) is 47.7 Å². The number of unbranched alkanes of at least 4 members (excludes halogenated alkanes) is 1. The molecule has 0 aliphatic heterocycles. The molecule has 0 aromatic rings. The van der Waals surface area contributed by atoms with Crippen molar-refractivity contribution in [2.75, 3.05) is 0 Å². The van der Waals surface area contributed by atoms with Gasteiger partial charge in [-0.3, -0.25) is 0 Å². The fourth-order valence-corrected chi connectivity index (χ4v) is 0.757. The molecule has 1 heteroatoms. The molecule has 0 saturated carbocycles. The second kappa shape index (κ2) is 9.38. The van der Waals surface area contributed by atoms with Gasteiger partial charge in [0, 0.05) is 41.7 Å². The van der Waals surface area contributed by atoms with Crippen LogP contribution in [0.2, 0.25) is 0 Å². The molecule has 0 aliphatic rings. The van der Waals surface area contributed by atoms with Gasteiger partial charge in [0.25, 0.3) is 0 Å². The maximum absolute atomic E-state index is 2.33. The van der Waals surface area contributed by atoms with E-state index in [-0.39, 0.29) is 41.7 Å². The van der Waals surface area contributed by atoms with Crippen LogP contribution in [-0.4, -0.2) is 0 Å². The maximum atomic E-state index is 2.33. The van der Waals surface area contributed by atoms with Crippen LogP contribution >= 0.6 is 0 Å². The van der Waals surface area contributed by atoms with Gasteiger partial charge in [-0.05, 0) is 5.92 Å². The predicted octanol–water partition coefficient (Wildman–Crippen LogP) is 3.22. The Hall–Kier alpha value is 1.38. The van der Waals surface area contributed by atoms with E-state index < -0.39 is 0 Å². The first-order valence-electron chi connectivity index (χ1n) is 3.81. The minimum absolute atomic E-state index is 0. The average Bonchev–Trinajstić information content (AvgIpc) is 1.83. The van der Waals surface area contributed by atoms with Gasteiger partial charge in [0.05, 0.1) is 0 Å². The molecule has 0 bridgehead atoms. The molecule has 0 aliphatic carbocycles. The zero-order valence-corrected chi connectivity index (χ0v) is 10.0. The molecule has 0 amide bonds. The van der Waals surface area contributed by atoms with Gasteiger partial charge in [0.1, 0.15) is 0 Å². The van der Waals surface area contributed by atoms with Gasteiger partial charge in [-0.25, -0.2) is 0 Å². The molecule has 0 rings (SSSR count). The summed E-state index contributed by atoms with van der Waals surface area (Å²) in [5, 5.41) is 0. The first-order chi connectivity index (χ1) is 3.81. The Morgan fingerprint density at radius 3 is 2.11 bits per heavy atom. The van der Waals surface area contributed by atoms with Crippen molar-refractivity contribution in [2.45, 2.75) is 46.5 Å². The number of hydrogen-bond donors (Lipinski definition) is 0. The molecular formula is C8H18Ce. The number of hydrogen-bond acceptors (Lipinski definition) is 0. The summed E-state index contributed by atoms with van der Waals surface area (Å²) in [6.07, 6.45) is 5.53. The van der Waals surface area contributed by atoms with Crippen LogP contribution in [0.5, 0.6) is 0 Å². The van der Waals surface area contributed by atoms with E-state index in [1.807, 2.05) is 0 Å². The Kier molecular flexibility index (Phi) is 13.5. The number of rotatable bonds is 4. The van der Waals surface area contributed by atoms with E-state index in [4.69, 9.17) is 0 Å². The Morgan fingerprint density at radius 1 is 1.22 bits per heavy atom. The van der Waals surface area contributed by atoms with Gasteiger partial charge in [0.2, 0.25) is 0 Å². The summed E-state index contributed by atoms with van der Waals surface area (Å²) in [7, 11) is 0. The van der Waals surface area contributed by atoms with E-state index in [9.17, 15) is 0 Å². The quantitative estimate of drug-likeness (QED) is 0.722. The van der Waals surface area contributed by atoms with E-state index in [0.717, 1.165) is 5.92 Å². The van der Waals surface area contributed by atoms with Gasteiger partial charge in [-0.1, -0.05) is 46.5 Å². The monoisotopic (exact) mass is 254 g/mol. The van der Waals surface area contributed by atoms with Crippen LogP contribution in [0.15, 0.2) is 0 Å². The Bertz CT molecular complexity index is 43.8. The van der Waals surface area contributed by atoms with Gasteiger partial charge in [0.15, 0.2) is 0 Å². The van der Waals surface area contributed by atoms with Crippen molar-refractivity contribution in [2.24, 2.45) is 5.92 Å². The van der Waals surface area contributed by atoms with Crippen LogP contribution in [-0.2, 0) is 0 Å². The molecule has 9 heavy (non-hydrogen) atoms. The minimum Gasteiger partial charge on any atom is -0.0654 e. The van der Waals surface area contributed by atoms with Gasteiger partial charge >= 0.3 is 0 Å². The predicted molar refractivity (Wildman–Crippen MR) is 39.0 cm³/mol. The molecule has 0 saturated heterocycles. The zero-order valence-electron chi connectivity index (χ0n) is 6.91. The molecule has 0 spiro atoms. The molecule has 54 valence electrons. The third-order valence-electron chi connectivity index (χ3n) is 1.75.